The molecule has 0 fully saturated rings. The number of hydrogen-bond donors (Lipinski definition) is 0. The first-order valence-electron chi connectivity index (χ1n) is 25.3. The molecular weight excluding hydrogens is 913 g/mol. The van der Waals surface area contributed by atoms with E-state index in [1.807, 2.05) is 0 Å². The minimum Gasteiger partial charge on any atom is -0.310 e. The fourth-order valence-electron chi connectivity index (χ4n) is 10.8. The van der Waals surface area contributed by atoms with Gasteiger partial charge in [-0.3, -0.25) is 0 Å². The van der Waals surface area contributed by atoms with Crippen molar-refractivity contribution in [2.75, 3.05) is 9.80 Å². The average molecular weight is 959 g/mol. The highest BCUT2D eigenvalue weighted by Crippen LogP contribution is 2.47. The Kier molecular flexibility index (Phi) is 10.7. The van der Waals surface area contributed by atoms with Gasteiger partial charge in [0, 0.05) is 72.4 Å². The molecule has 352 valence electrons. The third-order valence-electron chi connectivity index (χ3n) is 14.3. The van der Waals surface area contributed by atoms with Crippen LogP contribution in [0.15, 0.2) is 279 Å². The van der Waals surface area contributed by atoms with E-state index in [1.54, 1.807) is 0 Å². The predicted octanol–water partition coefficient (Wildman–Crippen LogP) is 18.4. The van der Waals surface area contributed by atoms with Crippen LogP contribution in [0.25, 0.3) is 94.0 Å². The second kappa shape index (κ2) is 18.5. The summed E-state index contributed by atoms with van der Waals surface area (Å²) in [7, 11) is 0. The molecule has 0 spiro atoms. The summed E-state index contributed by atoms with van der Waals surface area (Å²) in [5.74, 6) is 1.83. The Morgan fingerprint density at radius 3 is 1.25 bits per heavy atom. The number of fused-ring (bicyclic) bond motifs is 7. The van der Waals surface area contributed by atoms with Gasteiger partial charge in [-0.2, -0.15) is 0 Å². The Balaban J connectivity index is 1.02. The van der Waals surface area contributed by atoms with E-state index in [4.69, 9.17) is 15.0 Å². The number of nitrogens with zero attached hydrogens (tertiary/aromatic N) is 6. The molecular formula is C69H46N6. The molecule has 75 heavy (non-hydrogen) atoms. The third kappa shape index (κ3) is 7.89. The van der Waals surface area contributed by atoms with Gasteiger partial charge in [0.1, 0.15) is 0 Å². The molecule has 2 heterocycles. The van der Waals surface area contributed by atoms with Crippen molar-refractivity contribution in [3.8, 4) is 39.9 Å². The largest absolute Gasteiger partial charge is 0.310 e. The van der Waals surface area contributed by atoms with Crippen LogP contribution in [0.4, 0.5) is 34.1 Å². The summed E-state index contributed by atoms with van der Waals surface area (Å²) in [4.78, 5) is 20.5. The highest BCUT2D eigenvalue weighted by atomic mass is 15.2. The lowest BCUT2D eigenvalue weighted by molar-refractivity contribution is 1.07. The van der Waals surface area contributed by atoms with E-state index in [-0.39, 0.29) is 0 Å². The van der Waals surface area contributed by atoms with Crippen LogP contribution in [0, 0.1) is 0 Å². The molecule has 12 aromatic carbocycles. The number of benzene rings is 12. The van der Waals surface area contributed by atoms with Gasteiger partial charge in [0.05, 0.1) is 16.7 Å². The van der Waals surface area contributed by atoms with Crippen LogP contribution in [-0.4, -0.2) is 19.5 Å². The Morgan fingerprint density at radius 1 is 0.267 bits per heavy atom. The van der Waals surface area contributed by atoms with Gasteiger partial charge in [0.15, 0.2) is 17.5 Å². The Labute approximate surface area is 434 Å². The van der Waals surface area contributed by atoms with E-state index >= 15 is 0 Å². The number of anilines is 6. The fraction of sp³-hybridized carbons (Fsp3) is 0. The van der Waals surface area contributed by atoms with Crippen molar-refractivity contribution in [2.45, 2.75) is 0 Å². The van der Waals surface area contributed by atoms with Crippen molar-refractivity contribution in [3.05, 3.63) is 279 Å². The normalized spacial score (nSPS) is 11.5. The molecule has 0 aliphatic rings. The Hall–Kier alpha value is -10.2. The first-order chi connectivity index (χ1) is 37.2. The van der Waals surface area contributed by atoms with Gasteiger partial charge in [-0.1, -0.05) is 182 Å². The van der Waals surface area contributed by atoms with E-state index in [0.29, 0.717) is 17.5 Å². The lowest BCUT2D eigenvalue weighted by atomic mass is 10.0. The molecule has 0 saturated heterocycles. The molecule has 6 nitrogen and oxygen atoms in total. The second-order valence-corrected chi connectivity index (χ2v) is 18.9. The van der Waals surface area contributed by atoms with Gasteiger partial charge in [-0.25, -0.2) is 15.0 Å². The van der Waals surface area contributed by atoms with E-state index in [2.05, 4.69) is 293 Å². The zero-order chi connectivity index (χ0) is 49.7. The maximum Gasteiger partial charge on any atom is 0.164 e. The second-order valence-electron chi connectivity index (χ2n) is 18.9. The molecule has 0 bridgehead atoms. The summed E-state index contributed by atoms with van der Waals surface area (Å²) >= 11 is 0. The first-order valence-corrected chi connectivity index (χ1v) is 25.3. The van der Waals surface area contributed by atoms with Crippen molar-refractivity contribution in [1.29, 1.82) is 0 Å². The van der Waals surface area contributed by atoms with Crippen LogP contribution in [0.3, 0.4) is 0 Å². The molecule has 14 rings (SSSR count). The predicted molar refractivity (Wildman–Crippen MR) is 312 cm³/mol. The van der Waals surface area contributed by atoms with Crippen LogP contribution >= 0.6 is 0 Å². The maximum atomic E-state index is 5.30. The smallest absolute Gasteiger partial charge is 0.164 e. The van der Waals surface area contributed by atoms with Crippen LogP contribution in [-0.2, 0) is 0 Å². The molecule has 0 aliphatic heterocycles. The molecule has 2 aromatic heterocycles. The van der Waals surface area contributed by atoms with Gasteiger partial charge >= 0.3 is 0 Å². The van der Waals surface area contributed by atoms with Crippen molar-refractivity contribution in [1.82, 2.24) is 19.5 Å². The molecule has 0 N–H and O–H groups in total. The summed E-state index contributed by atoms with van der Waals surface area (Å²) < 4.78 is 2.44. The molecule has 0 saturated carbocycles. The van der Waals surface area contributed by atoms with Crippen molar-refractivity contribution in [3.63, 3.8) is 0 Å². The fourth-order valence-corrected chi connectivity index (χ4v) is 10.8. The minimum atomic E-state index is 0.594. The van der Waals surface area contributed by atoms with Gasteiger partial charge in [0.2, 0.25) is 0 Å². The minimum absolute atomic E-state index is 0.594. The molecule has 0 aliphatic carbocycles. The van der Waals surface area contributed by atoms with Gasteiger partial charge < -0.3 is 14.4 Å². The Morgan fingerprint density at radius 2 is 0.720 bits per heavy atom. The van der Waals surface area contributed by atoms with Gasteiger partial charge in [-0.05, 0) is 119 Å². The number of rotatable bonds is 10. The lowest BCUT2D eigenvalue weighted by Crippen LogP contribution is -2.10. The van der Waals surface area contributed by atoms with Crippen LogP contribution < -0.4 is 9.80 Å². The van der Waals surface area contributed by atoms with Crippen LogP contribution in [0.1, 0.15) is 0 Å². The SMILES string of the molecule is c1ccc(N(c2ccccc2)c2ccc3c(c2)c2cc(N(c4ccccc4)c4ccccc4)c4ccccc4c2n3-c2cccc(-c3nc(-c4ccc5ccccc5c4)nc(-c4ccc5ccccc5c4)n3)c2)cc1. The maximum absolute atomic E-state index is 5.30. The highest BCUT2D eigenvalue weighted by molar-refractivity contribution is 6.23. The molecule has 0 unspecified atom stereocenters. The topological polar surface area (TPSA) is 50.1 Å². The quantitative estimate of drug-likeness (QED) is 0.137. The summed E-state index contributed by atoms with van der Waals surface area (Å²) in [6, 6.07) is 99.1. The Bertz CT molecular complexity index is 4250. The molecule has 0 radical (unpaired) electrons. The summed E-state index contributed by atoms with van der Waals surface area (Å²) in [6.45, 7) is 0. The average Bonchev–Trinajstić information content (AvgIpc) is 3.82. The number of hydrogen-bond acceptors (Lipinski definition) is 5. The van der Waals surface area contributed by atoms with Gasteiger partial charge in [-0.15, -0.1) is 0 Å². The lowest BCUT2D eigenvalue weighted by Gasteiger charge is -2.27. The highest BCUT2D eigenvalue weighted by Gasteiger charge is 2.24. The third-order valence-corrected chi connectivity index (χ3v) is 14.3. The zero-order valence-electron chi connectivity index (χ0n) is 40.7. The zero-order valence-corrected chi connectivity index (χ0v) is 40.7. The van der Waals surface area contributed by atoms with Crippen LogP contribution in [0.2, 0.25) is 0 Å². The molecule has 6 heteroatoms. The van der Waals surface area contributed by atoms with Crippen molar-refractivity contribution < 1.29 is 0 Å². The van der Waals surface area contributed by atoms with E-state index in [1.165, 1.54) is 0 Å². The van der Waals surface area contributed by atoms with Gasteiger partial charge in [0.25, 0.3) is 0 Å². The van der Waals surface area contributed by atoms with Crippen molar-refractivity contribution >= 4 is 88.2 Å². The molecule has 0 atom stereocenters. The standard InChI is InChI=1S/C69H46N6/c1-5-25-54(26-6-1)73(55-27-7-2-8-28-55)59-40-41-64-62(45-59)63-46-65(74(56-29-9-3-10-30-56)57-31-11-4-12-32-57)60-34-17-18-35-61(60)66(63)75(64)58-33-19-24-51(44-58)67-70-68(52-38-36-47-20-13-15-22-49(47)42-52)72-69(71-67)53-39-37-48-21-14-16-23-50(48)43-53/h1-46H. The molecule has 14 aromatic rings. The van der Waals surface area contributed by atoms with E-state index < -0.39 is 0 Å². The summed E-state index contributed by atoms with van der Waals surface area (Å²) in [6.07, 6.45) is 0. The van der Waals surface area contributed by atoms with E-state index in [0.717, 1.165) is 111 Å². The first kappa shape index (κ1) is 43.6. The monoisotopic (exact) mass is 958 g/mol. The number of para-hydroxylation sites is 4. The van der Waals surface area contributed by atoms with Crippen LogP contribution in [0.5, 0.6) is 0 Å². The summed E-state index contributed by atoms with van der Waals surface area (Å²) in [5, 5.41) is 9.09. The van der Waals surface area contributed by atoms with E-state index in [9.17, 15) is 0 Å². The van der Waals surface area contributed by atoms with Crippen molar-refractivity contribution in [2.24, 2.45) is 0 Å². The number of aromatic nitrogens is 4. The molecule has 0 amide bonds. The summed E-state index contributed by atoms with van der Waals surface area (Å²) in [5.41, 5.74) is 12.4.